The lowest BCUT2D eigenvalue weighted by Crippen LogP contribution is -2.24. The molecular formula is C16H11BrN2O. The summed E-state index contributed by atoms with van der Waals surface area (Å²) >= 11 is 3.48. The van der Waals surface area contributed by atoms with Crippen LogP contribution in [-0.4, -0.2) is 8.97 Å². The summed E-state index contributed by atoms with van der Waals surface area (Å²) in [7, 11) is 1.81. The highest BCUT2D eigenvalue weighted by molar-refractivity contribution is 9.10. The molecule has 98 valence electrons. The van der Waals surface area contributed by atoms with Gasteiger partial charge < -0.3 is 0 Å². The minimum Gasteiger partial charge on any atom is -0.296 e. The third-order valence-corrected chi connectivity index (χ3v) is 4.28. The number of rotatable bonds is 0. The van der Waals surface area contributed by atoms with Gasteiger partial charge in [0.15, 0.2) is 0 Å². The Balaban J connectivity index is 2.40. The first-order chi connectivity index (χ1) is 9.66. The molecule has 0 aliphatic carbocycles. The van der Waals surface area contributed by atoms with Crippen LogP contribution >= 0.6 is 15.9 Å². The molecule has 4 rings (SSSR count). The van der Waals surface area contributed by atoms with E-state index < -0.39 is 0 Å². The Kier molecular flexibility index (Phi) is 2.32. The van der Waals surface area contributed by atoms with Crippen LogP contribution in [0.4, 0.5) is 0 Å². The van der Waals surface area contributed by atoms with Crippen LogP contribution in [0.1, 0.15) is 0 Å². The van der Waals surface area contributed by atoms with E-state index in [2.05, 4.69) is 28.1 Å². The molecule has 0 N–H and O–H groups in total. The lowest BCUT2D eigenvalue weighted by molar-refractivity contribution is 0.838. The molecule has 20 heavy (non-hydrogen) atoms. The SMILES string of the molecule is Cn1c(=O)n2c3ccc(Br)cc3cc2c2ccccc21. The minimum absolute atomic E-state index is 0.0176. The molecule has 0 spiro atoms. The van der Waals surface area contributed by atoms with E-state index in [0.29, 0.717) is 0 Å². The van der Waals surface area contributed by atoms with Crippen molar-refractivity contribution in [1.29, 1.82) is 0 Å². The zero-order valence-electron chi connectivity index (χ0n) is 10.8. The summed E-state index contributed by atoms with van der Waals surface area (Å²) in [4.78, 5) is 12.6. The molecule has 0 saturated carbocycles. The number of aryl methyl sites for hydroxylation is 1. The van der Waals surface area contributed by atoms with Crippen LogP contribution in [0.25, 0.3) is 27.3 Å². The van der Waals surface area contributed by atoms with Gasteiger partial charge in [-0.15, -0.1) is 0 Å². The summed E-state index contributed by atoms with van der Waals surface area (Å²) < 4.78 is 4.50. The van der Waals surface area contributed by atoms with Crippen LogP contribution in [0.15, 0.2) is 57.8 Å². The molecule has 0 saturated heterocycles. The van der Waals surface area contributed by atoms with E-state index in [-0.39, 0.29) is 5.69 Å². The number of aromatic nitrogens is 2. The fraction of sp³-hybridized carbons (Fsp3) is 0.0625. The Morgan fingerprint density at radius 2 is 1.75 bits per heavy atom. The number of fused-ring (bicyclic) bond motifs is 5. The third-order valence-electron chi connectivity index (χ3n) is 3.78. The Labute approximate surface area is 123 Å². The second kappa shape index (κ2) is 3.96. The monoisotopic (exact) mass is 326 g/mol. The average molecular weight is 327 g/mol. The van der Waals surface area contributed by atoms with Gasteiger partial charge in [0.2, 0.25) is 0 Å². The molecule has 3 nitrogen and oxygen atoms in total. The van der Waals surface area contributed by atoms with Crippen LogP contribution in [0.2, 0.25) is 0 Å². The predicted molar refractivity (Wildman–Crippen MR) is 85.4 cm³/mol. The highest BCUT2D eigenvalue weighted by atomic mass is 79.9. The van der Waals surface area contributed by atoms with Gasteiger partial charge in [-0.2, -0.15) is 0 Å². The summed E-state index contributed by atoms with van der Waals surface area (Å²) in [6.07, 6.45) is 0. The zero-order valence-corrected chi connectivity index (χ0v) is 12.4. The maximum atomic E-state index is 12.6. The lowest BCUT2D eigenvalue weighted by atomic mass is 10.2. The van der Waals surface area contributed by atoms with Crippen molar-refractivity contribution in [1.82, 2.24) is 8.97 Å². The average Bonchev–Trinajstić information content (AvgIpc) is 2.83. The van der Waals surface area contributed by atoms with E-state index in [0.717, 1.165) is 31.8 Å². The Morgan fingerprint density at radius 3 is 2.60 bits per heavy atom. The first-order valence-electron chi connectivity index (χ1n) is 6.35. The van der Waals surface area contributed by atoms with Gasteiger partial charge in [0, 0.05) is 22.3 Å². The second-order valence-electron chi connectivity index (χ2n) is 4.93. The molecule has 0 atom stereocenters. The van der Waals surface area contributed by atoms with Gasteiger partial charge >= 0.3 is 5.69 Å². The van der Waals surface area contributed by atoms with Crippen molar-refractivity contribution in [3.63, 3.8) is 0 Å². The Hall–Kier alpha value is -2.07. The smallest absolute Gasteiger partial charge is 0.296 e. The largest absolute Gasteiger partial charge is 0.333 e. The summed E-state index contributed by atoms with van der Waals surface area (Å²) in [5, 5.41) is 2.15. The molecule has 4 aromatic rings. The normalized spacial score (nSPS) is 11.7. The van der Waals surface area contributed by atoms with Crippen LogP contribution < -0.4 is 5.69 Å². The molecule has 0 bridgehead atoms. The molecule has 2 aromatic carbocycles. The van der Waals surface area contributed by atoms with Gasteiger partial charge in [-0.1, -0.05) is 34.1 Å². The highest BCUT2D eigenvalue weighted by Crippen LogP contribution is 2.26. The van der Waals surface area contributed by atoms with Gasteiger partial charge in [-0.25, -0.2) is 4.79 Å². The van der Waals surface area contributed by atoms with E-state index in [1.165, 1.54) is 0 Å². The quantitative estimate of drug-likeness (QED) is 0.484. The first kappa shape index (κ1) is 11.7. The molecule has 0 unspecified atom stereocenters. The van der Waals surface area contributed by atoms with Crippen LogP contribution in [0, 0.1) is 0 Å². The van der Waals surface area contributed by atoms with Gasteiger partial charge in [0.25, 0.3) is 0 Å². The van der Waals surface area contributed by atoms with E-state index in [9.17, 15) is 4.79 Å². The second-order valence-corrected chi connectivity index (χ2v) is 5.84. The molecule has 0 aliphatic rings. The van der Waals surface area contributed by atoms with Crippen molar-refractivity contribution in [2.45, 2.75) is 0 Å². The molecule has 0 radical (unpaired) electrons. The number of nitrogens with zero attached hydrogens (tertiary/aromatic N) is 2. The fourth-order valence-corrected chi connectivity index (χ4v) is 3.21. The molecular weight excluding hydrogens is 316 g/mol. The standard InChI is InChI=1S/C16H11BrN2O/c1-18-14-5-3-2-4-12(14)15-9-10-8-11(17)6-7-13(10)19(15)16(18)20/h2-9H,1H3. The van der Waals surface area contributed by atoms with E-state index >= 15 is 0 Å². The first-order valence-corrected chi connectivity index (χ1v) is 7.14. The molecule has 4 heteroatoms. The minimum atomic E-state index is -0.0176. The Morgan fingerprint density at radius 1 is 0.950 bits per heavy atom. The number of benzene rings is 2. The number of para-hydroxylation sites is 1. The number of hydrogen-bond acceptors (Lipinski definition) is 1. The van der Waals surface area contributed by atoms with Gasteiger partial charge in [-0.05, 0) is 30.3 Å². The van der Waals surface area contributed by atoms with Crippen molar-refractivity contribution in [3.05, 3.63) is 63.5 Å². The molecule has 0 amide bonds. The molecule has 2 aromatic heterocycles. The Bertz CT molecular complexity index is 1040. The topological polar surface area (TPSA) is 26.4 Å². The third kappa shape index (κ3) is 1.42. The molecule has 2 heterocycles. The van der Waals surface area contributed by atoms with Crippen molar-refractivity contribution in [2.24, 2.45) is 7.05 Å². The van der Waals surface area contributed by atoms with Gasteiger partial charge in [0.05, 0.1) is 16.6 Å². The fourth-order valence-electron chi connectivity index (χ4n) is 2.83. The van der Waals surface area contributed by atoms with Crippen molar-refractivity contribution in [2.75, 3.05) is 0 Å². The van der Waals surface area contributed by atoms with Crippen LogP contribution in [0.5, 0.6) is 0 Å². The highest BCUT2D eigenvalue weighted by Gasteiger charge is 2.11. The van der Waals surface area contributed by atoms with Crippen LogP contribution in [-0.2, 0) is 7.05 Å². The maximum Gasteiger partial charge on any atom is 0.333 e. The van der Waals surface area contributed by atoms with Crippen molar-refractivity contribution in [3.8, 4) is 0 Å². The molecule has 0 fully saturated rings. The van der Waals surface area contributed by atoms with Gasteiger partial charge in [-0.3, -0.25) is 8.97 Å². The molecule has 0 aliphatic heterocycles. The lowest BCUT2D eigenvalue weighted by Gasteiger charge is -2.07. The number of hydrogen-bond donors (Lipinski definition) is 0. The van der Waals surface area contributed by atoms with Crippen molar-refractivity contribution < 1.29 is 0 Å². The summed E-state index contributed by atoms with van der Waals surface area (Å²) in [6.45, 7) is 0. The summed E-state index contributed by atoms with van der Waals surface area (Å²) in [5.74, 6) is 0. The van der Waals surface area contributed by atoms with Gasteiger partial charge in [0.1, 0.15) is 0 Å². The van der Waals surface area contributed by atoms with E-state index in [1.54, 1.807) is 8.97 Å². The predicted octanol–water partition coefficient (Wildman–Crippen LogP) is 3.71. The zero-order chi connectivity index (χ0) is 13.9. The number of halogens is 1. The van der Waals surface area contributed by atoms with E-state index in [4.69, 9.17) is 0 Å². The van der Waals surface area contributed by atoms with Crippen LogP contribution in [0.3, 0.4) is 0 Å². The van der Waals surface area contributed by atoms with E-state index in [1.807, 2.05) is 43.4 Å². The maximum absolute atomic E-state index is 12.6. The summed E-state index contributed by atoms with van der Waals surface area (Å²) in [6, 6.07) is 16.0. The summed E-state index contributed by atoms with van der Waals surface area (Å²) in [5.41, 5.74) is 2.83. The van der Waals surface area contributed by atoms with Crippen molar-refractivity contribution >= 4 is 43.3 Å².